The summed E-state index contributed by atoms with van der Waals surface area (Å²) < 4.78 is 12.5. The maximum atomic E-state index is 5.84. The number of alkyl halides is 1. The van der Waals surface area contributed by atoms with Crippen LogP contribution >= 0.6 is 31.9 Å². The van der Waals surface area contributed by atoms with Crippen LogP contribution in [0.3, 0.4) is 0 Å². The Morgan fingerprint density at radius 1 is 1.39 bits per heavy atom. The van der Waals surface area contributed by atoms with Gasteiger partial charge in [-0.25, -0.2) is 0 Å². The van der Waals surface area contributed by atoms with E-state index in [0.29, 0.717) is 6.10 Å². The van der Waals surface area contributed by atoms with Crippen molar-refractivity contribution >= 4 is 31.9 Å². The predicted octanol–water partition coefficient (Wildman–Crippen LogP) is 4.68. The maximum absolute atomic E-state index is 5.84. The van der Waals surface area contributed by atoms with E-state index in [0.717, 1.165) is 41.6 Å². The van der Waals surface area contributed by atoms with Crippen LogP contribution < -0.4 is 4.74 Å². The topological polar surface area (TPSA) is 18.5 Å². The summed E-state index contributed by atoms with van der Waals surface area (Å²) in [7, 11) is 0. The van der Waals surface area contributed by atoms with Gasteiger partial charge >= 0.3 is 0 Å². The van der Waals surface area contributed by atoms with Crippen LogP contribution in [0.4, 0.5) is 0 Å². The Labute approximate surface area is 125 Å². The monoisotopic (exact) mass is 376 g/mol. The molecule has 0 saturated carbocycles. The molecule has 1 aliphatic heterocycles. The number of benzene rings is 1. The molecule has 0 N–H and O–H groups in total. The highest BCUT2D eigenvalue weighted by atomic mass is 79.9. The second kappa shape index (κ2) is 7.51. The molecule has 0 amide bonds. The molecule has 1 aliphatic rings. The molecular weight excluding hydrogens is 360 g/mol. The lowest BCUT2D eigenvalue weighted by molar-refractivity contribution is 0.0981. The van der Waals surface area contributed by atoms with Crippen LogP contribution in [-0.2, 0) is 10.1 Å². The predicted molar refractivity (Wildman–Crippen MR) is 80.5 cm³/mol. The van der Waals surface area contributed by atoms with E-state index >= 15 is 0 Å². The van der Waals surface area contributed by atoms with Crippen molar-refractivity contribution in [3.63, 3.8) is 0 Å². The zero-order valence-electron chi connectivity index (χ0n) is 10.3. The molecule has 1 heterocycles. The van der Waals surface area contributed by atoms with Crippen molar-refractivity contribution in [1.82, 2.24) is 0 Å². The standard InChI is InChI=1S/C14H18Br2O2/c15-10-11-9-12(16)5-6-14(11)18-8-2-4-13-3-1-7-17-13/h5-6,9,13H,1-4,7-8,10H2. The molecule has 1 atom stereocenters. The first-order valence-electron chi connectivity index (χ1n) is 6.38. The van der Waals surface area contributed by atoms with E-state index in [2.05, 4.69) is 37.9 Å². The molecule has 0 aromatic heterocycles. The first-order valence-corrected chi connectivity index (χ1v) is 8.30. The minimum atomic E-state index is 0.467. The lowest BCUT2D eigenvalue weighted by Crippen LogP contribution is -2.08. The van der Waals surface area contributed by atoms with Crippen LogP contribution in [0.2, 0.25) is 0 Å². The molecule has 1 fully saturated rings. The van der Waals surface area contributed by atoms with Crippen molar-refractivity contribution in [3.8, 4) is 5.75 Å². The Morgan fingerprint density at radius 3 is 3.00 bits per heavy atom. The Morgan fingerprint density at radius 2 is 2.28 bits per heavy atom. The van der Waals surface area contributed by atoms with Crippen molar-refractivity contribution in [2.24, 2.45) is 0 Å². The van der Waals surface area contributed by atoms with Crippen molar-refractivity contribution < 1.29 is 9.47 Å². The lowest BCUT2D eigenvalue weighted by atomic mass is 10.1. The van der Waals surface area contributed by atoms with E-state index < -0.39 is 0 Å². The Bertz CT molecular complexity index is 376. The quantitative estimate of drug-likeness (QED) is 0.529. The van der Waals surface area contributed by atoms with Gasteiger partial charge in [0, 0.05) is 22.0 Å². The highest BCUT2D eigenvalue weighted by molar-refractivity contribution is 9.10. The highest BCUT2D eigenvalue weighted by Gasteiger charge is 2.14. The van der Waals surface area contributed by atoms with Crippen LogP contribution in [0.1, 0.15) is 31.2 Å². The van der Waals surface area contributed by atoms with E-state index in [-0.39, 0.29) is 0 Å². The molecule has 2 nitrogen and oxygen atoms in total. The molecule has 0 aliphatic carbocycles. The van der Waals surface area contributed by atoms with Crippen molar-refractivity contribution in [1.29, 1.82) is 0 Å². The molecule has 0 radical (unpaired) electrons. The Balaban J connectivity index is 1.75. The first-order chi connectivity index (χ1) is 8.79. The van der Waals surface area contributed by atoms with Crippen LogP contribution in [0.15, 0.2) is 22.7 Å². The molecule has 0 bridgehead atoms. The highest BCUT2D eigenvalue weighted by Crippen LogP contribution is 2.25. The summed E-state index contributed by atoms with van der Waals surface area (Å²) in [6.07, 6.45) is 5.06. The second-order valence-electron chi connectivity index (χ2n) is 4.51. The van der Waals surface area contributed by atoms with Gasteiger partial charge in [0.2, 0.25) is 0 Å². The summed E-state index contributed by atoms with van der Waals surface area (Å²) in [4.78, 5) is 0. The molecule has 1 saturated heterocycles. The third-order valence-electron chi connectivity index (χ3n) is 3.12. The van der Waals surface area contributed by atoms with Crippen LogP contribution in [0, 0.1) is 0 Å². The van der Waals surface area contributed by atoms with Gasteiger partial charge in [-0.2, -0.15) is 0 Å². The van der Waals surface area contributed by atoms with Gasteiger partial charge in [0.1, 0.15) is 5.75 Å². The minimum absolute atomic E-state index is 0.467. The molecule has 2 rings (SSSR count). The molecule has 18 heavy (non-hydrogen) atoms. The van der Waals surface area contributed by atoms with Crippen molar-refractivity contribution in [2.45, 2.75) is 37.1 Å². The molecule has 1 aromatic rings. The van der Waals surface area contributed by atoms with E-state index in [1.54, 1.807) is 0 Å². The average molecular weight is 378 g/mol. The largest absolute Gasteiger partial charge is 0.493 e. The number of rotatable bonds is 6. The second-order valence-corrected chi connectivity index (χ2v) is 5.99. The Hall–Kier alpha value is -0.0600. The van der Waals surface area contributed by atoms with Gasteiger partial charge < -0.3 is 9.47 Å². The summed E-state index contributed by atoms with van der Waals surface area (Å²) in [6.45, 7) is 1.70. The summed E-state index contributed by atoms with van der Waals surface area (Å²) in [5.41, 5.74) is 1.18. The molecule has 1 aromatic carbocycles. The molecule has 1 unspecified atom stereocenters. The van der Waals surface area contributed by atoms with E-state index in [1.165, 1.54) is 18.4 Å². The van der Waals surface area contributed by atoms with Crippen LogP contribution in [-0.4, -0.2) is 19.3 Å². The lowest BCUT2D eigenvalue weighted by Gasteiger charge is -2.12. The summed E-state index contributed by atoms with van der Waals surface area (Å²) >= 11 is 6.96. The summed E-state index contributed by atoms with van der Waals surface area (Å²) in [5.74, 6) is 0.974. The van der Waals surface area contributed by atoms with Gasteiger partial charge in [0.25, 0.3) is 0 Å². The number of halogens is 2. The smallest absolute Gasteiger partial charge is 0.123 e. The number of hydrogen-bond donors (Lipinski definition) is 0. The normalized spacial score (nSPS) is 19.1. The fourth-order valence-corrected chi connectivity index (χ4v) is 3.01. The van der Waals surface area contributed by atoms with Gasteiger partial charge in [0.15, 0.2) is 0 Å². The average Bonchev–Trinajstić information content (AvgIpc) is 2.89. The third kappa shape index (κ3) is 4.25. The molecular formula is C14H18Br2O2. The SMILES string of the molecule is BrCc1cc(Br)ccc1OCCCC1CCCO1. The summed E-state index contributed by atoms with van der Waals surface area (Å²) in [5, 5.41) is 0.813. The van der Waals surface area contributed by atoms with Crippen LogP contribution in [0.5, 0.6) is 5.75 Å². The number of ether oxygens (including phenoxy) is 2. The van der Waals surface area contributed by atoms with Gasteiger partial charge in [-0.3, -0.25) is 0 Å². The molecule has 0 spiro atoms. The number of hydrogen-bond acceptors (Lipinski definition) is 2. The van der Waals surface area contributed by atoms with Gasteiger partial charge in [-0.15, -0.1) is 0 Å². The zero-order valence-corrected chi connectivity index (χ0v) is 13.5. The minimum Gasteiger partial charge on any atom is -0.493 e. The van der Waals surface area contributed by atoms with Gasteiger partial charge in [-0.1, -0.05) is 31.9 Å². The zero-order chi connectivity index (χ0) is 12.8. The Kier molecular flexibility index (Phi) is 5.99. The van der Waals surface area contributed by atoms with Crippen molar-refractivity contribution in [3.05, 3.63) is 28.2 Å². The fraction of sp³-hybridized carbons (Fsp3) is 0.571. The maximum Gasteiger partial charge on any atom is 0.123 e. The van der Waals surface area contributed by atoms with Gasteiger partial charge in [0.05, 0.1) is 12.7 Å². The van der Waals surface area contributed by atoms with E-state index in [4.69, 9.17) is 9.47 Å². The molecule has 100 valence electrons. The summed E-state index contributed by atoms with van der Waals surface area (Å²) in [6, 6.07) is 6.12. The first kappa shape index (κ1) is 14.4. The van der Waals surface area contributed by atoms with E-state index in [9.17, 15) is 0 Å². The van der Waals surface area contributed by atoms with Crippen molar-refractivity contribution in [2.75, 3.05) is 13.2 Å². The fourth-order valence-electron chi connectivity index (χ4n) is 2.16. The van der Waals surface area contributed by atoms with E-state index in [1.807, 2.05) is 12.1 Å². The van der Waals surface area contributed by atoms with Gasteiger partial charge in [-0.05, 0) is 43.9 Å². The molecule has 4 heteroatoms. The van der Waals surface area contributed by atoms with Crippen LogP contribution in [0.25, 0.3) is 0 Å². The third-order valence-corrected chi connectivity index (χ3v) is 4.22.